The summed E-state index contributed by atoms with van der Waals surface area (Å²) in [4.78, 5) is 0. The number of aromatic hydroxyl groups is 1. The molecule has 3 nitrogen and oxygen atoms in total. The maximum Gasteiger partial charge on any atom is 0.141 e. The first-order valence-electron chi connectivity index (χ1n) is 6.43. The van der Waals surface area contributed by atoms with Gasteiger partial charge in [-0.15, -0.1) is 0 Å². The van der Waals surface area contributed by atoms with Crippen molar-refractivity contribution >= 4 is 5.69 Å². The molecular weight excluding hydrogens is 238 g/mol. The number of anilines is 1. The number of methoxy groups -OCH3 is 1. The van der Waals surface area contributed by atoms with Crippen molar-refractivity contribution in [2.45, 2.75) is 19.4 Å². The third kappa shape index (κ3) is 3.19. The molecule has 2 aromatic carbocycles. The summed E-state index contributed by atoms with van der Waals surface area (Å²) in [6, 6.07) is 15.4. The van der Waals surface area contributed by atoms with Gasteiger partial charge in [0.25, 0.3) is 0 Å². The minimum atomic E-state index is 0.192. The van der Waals surface area contributed by atoms with E-state index in [1.54, 1.807) is 19.2 Å². The van der Waals surface area contributed by atoms with Crippen LogP contribution in [-0.2, 0) is 0 Å². The number of hydrogen-bond donors (Lipinski definition) is 2. The molecule has 0 aromatic heterocycles. The number of benzene rings is 2. The Labute approximate surface area is 113 Å². The summed E-state index contributed by atoms with van der Waals surface area (Å²) >= 11 is 0. The van der Waals surface area contributed by atoms with Gasteiger partial charge in [0.1, 0.15) is 11.5 Å². The van der Waals surface area contributed by atoms with Crippen molar-refractivity contribution in [1.82, 2.24) is 0 Å². The highest BCUT2D eigenvalue weighted by atomic mass is 16.5. The van der Waals surface area contributed by atoms with E-state index in [1.807, 2.05) is 36.4 Å². The number of nitrogens with one attached hydrogen (secondary N) is 1. The van der Waals surface area contributed by atoms with E-state index in [1.165, 1.54) is 0 Å². The largest absolute Gasteiger partial charge is 0.508 e. The van der Waals surface area contributed by atoms with Gasteiger partial charge in [-0.05, 0) is 36.2 Å². The summed E-state index contributed by atoms with van der Waals surface area (Å²) in [6.45, 7) is 2.12. The number of phenols is 1. The number of hydrogen-bond acceptors (Lipinski definition) is 3. The molecule has 0 aliphatic heterocycles. The lowest BCUT2D eigenvalue weighted by Gasteiger charge is -2.20. The molecule has 0 bridgehead atoms. The quantitative estimate of drug-likeness (QED) is 0.851. The van der Waals surface area contributed by atoms with E-state index in [-0.39, 0.29) is 11.8 Å². The molecule has 0 aliphatic carbocycles. The SMILES string of the molecule is CCC(Nc1ccccc1OC)c1ccc(O)cc1. The zero-order valence-electron chi connectivity index (χ0n) is 11.3. The van der Waals surface area contributed by atoms with Crippen molar-refractivity contribution in [1.29, 1.82) is 0 Å². The molecule has 2 aromatic rings. The molecule has 0 spiro atoms. The van der Waals surface area contributed by atoms with Gasteiger partial charge in [0.15, 0.2) is 0 Å². The van der Waals surface area contributed by atoms with Gasteiger partial charge in [0.05, 0.1) is 18.8 Å². The van der Waals surface area contributed by atoms with E-state index in [4.69, 9.17) is 4.74 Å². The Morgan fingerprint density at radius 1 is 1.11 bits per heavy atom. The number of phenolic OH excluding ortho intramolecular Hbond substituents is 1. The molecular formula is C16H19NO2. The Bertz CT molecular complexity index is 523. The van der Waals surface area contributed by atoms with E-state index in [2.05, 4.69) is 12.2 Å². The summed E-state index contributed by atoms with van der Waals surface area (Å²) in [5, 5.41) is 12.8. The second-order valence-electron chi connectivity index (χ2n) is 4.40. The lowest BCUT2D eigenvalue weighted by atomic mass is 10.0. The van der Waals surface area contributed by atoms with Crippen LogP contribution in [0.25, 0.3) is 0 Å². The summed E-state index contributed by atoms with van der Waals surface area (Å²) < 4.78 is 5.34. The van der Waals surface area contributed by atoms with Gasteiger partial charge in [0.2, 0.25) is 0 Å². The van der Waals surface area contributed by atoms with Crippen molar-refractivity contribution in [3.63, 3.8) is 0 Å². The van der Waals surface area contributed by atoms with E-state index in [9.17, 15) is 5.11 Å². The van der Waals surface area contributed by atoms with Crippen LogP contribution in [-0.4, -0.2) is 12.2 Å². The lowest BCUT2D eigenvalue weighted by molar-refractivity contribution is 0.416. The van der Waals surface area contributed by atoms with Crippen LogP contribution < -0.4 is 10.1 Å². The molecule has 3 heteroatoms. The van der Waals surface area contributed by atoms with Crippen molar-refractivity contribution in [2.75, 3.05) is 12.4 Å². The van der Waals surface area contributed by atoms with Crippen LogP contribution in [0.5, 0.6) is 11.5 Å². The Balaban J connectivity index is 2.21. The van der Waals surface area contributed by atoms with Crippen LogP contribution in [0.4, 0.5) is 5.69 Å². The molecule has 0 heterocycles. The van der Waals surface area contributed by atoms with Crippen LogP contribution >= 0.6 is 0 Å². The highest BCUT2D eigenvalue weighted by Crippen LogP contribution is 2.29. The molecule has 1 atom stereocenters. The van der Waals surface area contributed by atoms with E-state index in [0.29, 0.717) is 0 Å². The van der Waals surface area contributed by atoms with Gasteiger partial charge >= 0.3 is 0 Å². The predicted octanol–water partition coefficient (Wildman–Crippen LogP) is 3.96. The van der Waals surface area contributed by atoms with Gasteiger partial charge in [-0.25, -0.2) is 0 Å². The molecule has 0 fully saturated rings. The van der Waals surface area contributed by atoms with Gasteiger partial charge in [0, 0.05) is 0 Å². The highest BCUT2D eigenvalue weighted by molar-refractivity contribution is 5.57. The van der Waals surface area contributed by atoms with Gasteiger partial charge in [-0.1, -0.05) is 31.2 Å². The third-order valence-electron chi connectivity index (χ3n) is 3.14. The second kappa shape index (κ2) is 6.14. The standard InChI is InChI=1S/C16H19NO2/c1-3-14(12-8-10-13(18)11-9-12)17-15-6-4-5-7-16(15)19-2/h4-11,14,17-18H,3H2,1-2H3. The topological polar surface area (TPSA) is 41.5 Å². The highest BCUT2D eigenvalue weighted by Gasteiger charge is 2.11. The van der Waals surface area contributed by atoms with Crippen molar-refractivity contribution in [2.24, 2.45) is 0 Å². The molecule has 0 radical (unpaired) electrons. The Kier molecular flexibility index (Phi) is 4.29. The maximum atomic E-state index is 9.34. The first-order valence-corrected chi connectivity index (χ1v) is 6.43. The fourth-order valence-corrected chi connectivity index (χ4v) is 2.08. The third-order valence-corrected chi connectivity index (χ3v) is 3.14. The Morgan fingerprint density at radius 2 is 1.79 bits per heavy atom. The number of ether oxygens (including phenoxy) is 1. The average Bonchev–Trinajstić information content (AvgIpc) is 2.46. The van der Waals surface area contributed by atoms with Crippen LogP contribution in [0.15, 0.2) is 48.5 Å². The average molecular weight is 257 g/mol. The summed E-state index contributed by atoms with van der Waals surface area (Å²) in [5.41, 5.74) is 2.12. The molecule has 19 heavy (non-hydrogen) atoms. The van der Waals surface area contributed by atoms with Crippen LogP contribution in [0, 0.1) is 0 Å². The smallest absolute Gasteiger partial charge is 0.141 e. The first kappa shape index (κ1) is 13.3. The predicted molar refractivity (Wildman–Crippen MR) is 77.8 cm³/mol. The van der Waals surface area contributed by atoms with Gasteiger partial charge in [-0.2, -0.15) is 0 Å². The molecule has 0 saturated heterocycles. The normalized spacial score (nSPS) is 11.9. The van der Waals surface area contributed by atoms with Crippen molar-refractivity contribution in [3.8, 4) is 11.5 Å². The van der Waals surface area contributed by atoms with Crippen molar-refractivity contribution in [3.05, 3.63) is 54.1 Å². The van der Waals surface area contributed by atoms with Gasteiger partial charge < -0.3 is 15.2 Å². The summed E-state index contributed by atoms with van der Waals surface area (Å²) in [5.74, 6) is 1.12. The Morgan fingerprint density at radius 3 is 2.42 bits per heavy atom. The van der Waals surface area contributed by atoms with E-state index in [0.717, 1.165) is 23.4 Å². The maximum absolute atomic E-state index is 9.34. The minimum absolute atomic E-state index is 0.192. The molecule has 100 valence electrons. The van der Waals surface area contributed by atoms with Gasteiger partial charge in [-0.3, -0.25) is 0 Å². The molecule has 0 saturated carbocycles. The lowest BCUT2D eigenvalue weighted by Crippen LogP contribution is -2.10. The molecule has 0 amide bonds. The Hall–Kier alpha value is -2.16. The monoisotopic (exact) mass is 257 g/mol. The first-order chi connectivity index (χ1) is 9.24. The summed E-state index contributed by atoms with van der Waals surface area (Å²) in [7, 11) is 1.67. The minimum Gasteiger partial charge on any atom is -0.508 e. The zero-order chi connectivity index (χ0) is 13.7. The fourth-order valence-electron chi connectivity index (χ4n) is 2.08. The number of rotatable bonds is 5. The molecule has 2 N–H and O–H groups in total. The van der Waals surface area contributed by atoms with Crippen LogP contribution in [0.2, 0.25) is 0 Å². The molecule has 2 rings (SSSR count). The number of para-hydroxylation sites is 2. The molecule has 0 aliphatic rings. The van der Waals surface area contributed by atoms with Crippen LogP contribution in [0.3, 0.4) is 0 Å². The summed E-state index contributed by atoms with van der Waals surface area (Å²) in [6.07, 6.45) is 0.947. The second-order valence-corrected chi connectivity index (χ2v) is 4.40. The van der Waals surface area contributed by atoms with E-state index >= 15 is 0 Å². The van der Waals surface area contributed by atoms with E-state index < -0.39 is 0 Å². The molecule has 1 unspecified atom stereocenters. The fraction of sp³-hybridized carbons (Fsp3) is 0.250. The van der Waals surface area contributed by atoms with Crippen LogP contribution in [0.1, 0.15) is 24.9 Å². The van der Waals surface area contributed by atoms with Crippen molar-refractivity contribution < 1.29 is 9.84 Å². The zero-order valence-corrected chi connectivity index (χ0v) is 11.3.